The predicted molar refractivity (Wildman–Crippen MR) is 66.5 cm³/mol. The molecule has 1 unspecified atom stereocenters. The van der Waals surface area contributed by atoms with Crippen LogP contribution < -0.4 is 5.32 Å². The maximum atomic E-state index is 11.6. The minimum Gasteiger partial charge on any atom is -0.347 e. The zero-order valence-corrected chi connectivity index (χ0v) is 11.1. The molecule has 16 heavy (non-hydrogen) atoms. The molecule has 0 aliphatic carbocycles. The topological polar surface area (TPSA) is 45.2 Å². The van der Waals surface area contributed by atoms with Gasteiger partial charge in [-0.3, -0.25) is 4.79 Å². The molecule has 0 aliphatic rings. The second-order valence-corrected chi connectivity index (χ2v) is 5.11. The predicted octanol–water partition coefficient (Wildman–Crippen LogP) is 1.27. The van der Waals surface area contributed by atoms with Gasteiger partial charge in [0.05, 0.1) is 11.0 Å². The second-order valence-electron chi connectivity index (χ2n) is 3.91. The summed E-state index contributed by atoms with van der Waals surface area (Å²) >= 11 is 1.70. The van der Waals surface area contributed by atoms with Gasteiger partial charge in [0, 0.05) is 31.7 Å². The number of nitrogens with zero attached hydrogens (tertiary/aromatic N) is 2. The summed E-state index contributed by atoms with van der Waals surface area (Å²) in [5.74, 6) is 0.0974. The second kappa shape index (κ2) is 5.96. The van der Waals surface area contributed by atoms with E-state index in [4.69, 9.17) is 0 Å². The third kappa shape index (κ3) is 3.57. The number of aryl methyl sites for hydroxylation is 1. The van der Waals surface area contributed by atoms with E-state index in [2.05, 4.69) is 17.2 Å². The highest BCUT2D eigenvalue weighted by molar-refractivity contribution is 7.11. The number of carbonyl (C=O) groups excluding carboxylic acids is 1. The largest absolute Gasteiger partial charge is 0.347 e. The Morgan fingerprint density at radius 2 is 2.31 bits per heavy atom. The van der Waals surface area contributed by atoms with E-state index in [0.29, 0.717) is 6.54 Å². The van der Waals surface area contributed by atoms with Crippen molar-refractivity contribution in [3.8, 4) is 0 Å². The van der Waals surface area contributed by atoms with Gasteiger partial charge in [-0.1, -0.05) is 6.92 Å². The van der Waals surface area contributed by atoms with E-state index in [-0.39, 0.29) is 11.9 Å². The van der Waals surface area contributed by atoms with Gasteiger partial charge in [0.15, 0.2) is 0 Å². The molecule has 0 aliphatic heterocycles. The molecule has 1 N–H and O–H groups in total. The standard InChI is InChI=1S/C11H19N3OS/c1-5-10-13-7-9(16-10)6-12-8(2)11(15)14(3)4/h7-8,12H,5-6H2,1-4H3. The van der Waals surface area contributed by atoms with Gasteiger partial charge in [-0.15, -0.1) is 11.3 Å². The van der Waals surface area contributed by atoms with E-state index in [1.54, 1.807) is 30.3 Å². The molecule has 0 bridgehead atoms. The SMILES string of the molecule is CCc1ncc(CNC(C)C(=O)N(C)C)s1. The molecule has 0 fully saturated rings. The maximum absolute atomic E-state index is 11.6. The van der Waals surface area contributed by atoms with Crippen LogP contribution in [0.15, 0.2) is 6.20 Å². The normalized spacial score (nSPS) is 12.5. The Morgan fingerprint density at radius 3 is 2.81 bits per heavy atom. The Morgan fingerprint density at radius 1 is 1.62 bits per heavy atom. The van der Waals surface area contributed by atoms with Gasteiger partial charge in [-0.2, -0.15) is 0 Å². The van der Waals surface area contributed by atoms with Crippen molar-refractivity contribution in [1.29, 1.82) is 0 Å². The molecule has 1 aromatic rings. The van der Waals surface area contributed by atoms with Crippen molar-refractivity contribution in [2.24, 2.45) is 0 Å². The number of hydrogen-bond donors (Lipinski definition) is 1. The van der Waals surface area contributed by atoms with Crippen LogP contribution in [0.3, 0.4) is 0 Å². The van der Waals surface area contributed by atoms with Crippen molar-refractivity contribution in [3.63, 3.8) is 0 Å². The molecule has 0 radical (unpaired) electrons. The van der Waals surface area contributed by atoms with Crippen LogP contribution >= 0.6 is 11.3 Å². The molecular weight excluding hydrogens is 222 g/mol. The molecule has 5 heteroatoms. The molecule has 90 valence electrons. The van der Waals surface area contributed by atoms with Gasteiger partial charge >= 0.3 is 0 Å². The van der Waals surface area contributed by atoms with Gasteiger partial charge in [0.2, 0.25) is 5.91 Å². The molecule has 1 aromatic heterocycles. The molecule has 0 spiro atoms. The first-order chi connectivity index (χ1) is 7.54. The first-order valence-electron chi connectivity index (χ1n) is 5.42. The van der Waals surface area contributed by atoms with Crippen LogP contribution in [0, 0.1) is 0 Å². The lowest BCUT2D eigenvalue weighted by Crippen LogP contribution is -2.40. The summed E-state index contributed by atoms with van der Waals surface area (Å²) < 4.78 is 0. The lowest BCUT2D eigenvalue weighted by Gasteiger charge is -2.17. The van der Waals surface area contributed by atoms with E-state index < -0.39 is 0 Å². The van der Waals surface area contributed by atoms with Crippen LogP contribution in [0.2, 0.25) is 0 Å². The summed E-state index contributed by atoms with van der Waals surface area (Å²) in [6.45, 7) is 4.68. The first kappa shape index (κ1) is 13.1. The molecule has 0 aromatic carbocycles. The fraction of sp³-hybridized carbons (Fsp3) is 0.636. The summed E-state index contributed by atoms with van der Waals surface area (Å²) in [6.07, 6.45) is 2.85. The maximum Gasteiger partial charge on any atom is 0.238 e. The lowest BCUT2D eigenvalue weighted by atomic mass is 10.3. The van der Waals surface area contributed by atoms with Crippen LogP contribution in [-0.4, -0.2) is 35.9 Å². The Bertz CT molecular complexity index is 349. The average Bonchev–Trinajstić information content (AvgIpc) is 2.72. The van der Waals surface area contributed by atoms with E-state index in [1.807, 2.05) is 13.1 Å². The monoisotopic (exact) mass is 241 g/mol. The number of hydrogen-bond acceptors (Lipinski definition) is 4. The third-order valence-corrected chi connectivity index (χ3v) is 3.44. The Hall–Kier alpha value is -0.940. The van der Waals surface area contributed by atoms with Gasteiger partial charge in [-0.25, -0.2) is 4.98 Å². The highest BCUT2D eigenvalue weighted by atomic mass is 32.1. The number of likely N-dealkylation sites (N-methyl/N-ethyl adjacent to an activating group) is 1. The Balaban J connectivity index is 2.42. The zero-order chi connectivity index (χ0) is 12.1. The van der Waals surface area contributed by atoms with Gasteiger partial charge < -0.3 is 10.2 Å². The fourth-order valence-electron chi connectivity index (χ4n) is 1.32. The minimum absolute atomic E-state index is 0.0974. The van der Waals surface area contributed by atoms with Crippen LogP contribution in [0.25, 0.3) is 0 Å². The summed E-state index contributed by atoms with van der Waals surface area (Å²) in [5, 5.41) is 4.34. The van der Waals surface area contributed by atoms with Crippen LogP contribution in [0.1, 0.15) is 23.7 Å². The zero-order valence-electron chi connectivity index (χ0n) is 10.3. The van der Waals surface area contributed by atoms with Crippen LogP contribution in [0.5, 0.6) is 0 Å². The van der Waals surface area contributed by atoms with Crippen molar-refractivity contribution in [1.82, 2.24) is 15.2 Å². The average molecular weight is 241 g/mol. The Labute approximate surface area is 101 Å². The summed E-state index contributed by atoms with van der Waals surface area (Å²) in [6, 6.07) is -0.151. The summed E-state index contributed by atoms with van der Waals surface area (Å²) in [4.78, 5) is 18.6. The van der Waals surface area contributed by atoms with Crippen molar-refractivity contribution in [3.05, 3.63) is 16.1 Å². The van der Waals surface area contributed by atoms with Crippen molar-refractivity contribution >= 4 is 17.2 Å². The molecule has 1 atom stereocenters. The molecule has 0 saturated heterocycles. The smallest absolute Gasteiger partial charge is 0.238 e. The number of amides is 1. The van der Waals surface area contributed by atoms with Crippen molar-refractivity contribution < 1.29 is 4.79 Å². The van der Waals surface area contributed by atoms with Gasteiger partial charge in [-0.05, 0) is 13.3 Å². The number of aromatic nitrogens is 1. The van der Waals surface area contributed by atoms with Crippen LogP contribution in [0.4, 0.5) is 0 Å². The van der Waals surface area contributed by atoms with Crippen LogP contribution in [-0.2, 0) is 17.8 Å². The lowest BCUT2D eigenvalue weighted by molar-refractivity contribution is -0.130. The number of nitrogens with one attached hydrogen (secondary N) is 1. The number of rotatable bonds is 5. The quantitative estimate of drug-likeness (QED) is 0.844. The number of carbonyl (C=O) groups is 1. The van der Waals surface area contributed by atoms with Gasteiger partial charge in [0.25, 0.3) is 0 Å². The molecule has 1 rings (SSSR count). The Kier molecular flexibility index (Phi) is 4.89. The van der Waals surface area contributed by atoms with E-state index >= 15 is 0 Å². The minimum atomic E-state index is -0.151. The van der Waals surface area contributed by atoms with Crippen molar-refractivity contribution in [2.75, 3.05) is 14.1 Å². The van der Waals surface area contributed by atoms with Crippen molar-refractivity contribution in [2.45, 2.75) is 32.9 Å². The molecule has 0 saturated carbocycles. The number of thiazole rings is 1. The fourth-order valence-corrected chi connectivity index (χ4v) is 2.13. The van der Waals surface area contributed by atoms with E-state index in [9.17, 15) is 4.79 Å². The van der Waals surface area contributed by atoms with Gasteiger partial charge in [0.1, 0.15) is 0 Å². The summed E-state index contributed by atoms with van der Waals surface area (Å²) in [7, 11) is 3.53. The summed E-state index contributed by atoms with van der Waals surface area (Å²) in [5.41, 5.74) is 0. The highest BCUT2D eigenvalue weighted by Crippen LogP contribution is 2.13. The molecule has 1 heterocycles. The molecule has 4 nitrogen and oxygen atoms in total. The first-order valence-corrected chi connectivity index (χ1v) is 6.24. The highest BCUT2D eigenvalue weighted by Gasteiger charge is 2.14. The van der Waals surface area contributed by atoms with E-state index in [0.717, 1.165) is 11.4 Å². The third-order valence-electron chi connectivity index (χ3n) is 2.30. The van der Waals surface area contributed by atoms with E-state index in [1.165, 1.54) is 4.88 Å². The molecular formula is C11H19N3OS. The molecule has 1 amide bonds.